The average molecular weight is 355 g/mol. The van der Waals surface area contributed by atoms with Crippen LogP contribution in [0.5, 0.6) is 5.75 Å². The van der Waals surface area contributed by atoms with Gasteiger partial charge in [0.15, 0.2) is 0 Å². The van der Waals surface area contributed by atoms with Crippen molar-refractivity contribution in [1.29, 1.82) is 0 Å². The summed E-state index contributed by atoms with van der Waals surface area (Å²) in [5.41, 5.74) is 0.903. The minimum absolute atomic E-state index is 0.0341. The molecule has 0 spiro atoms. The summed E-state index contributed by atoms with van der Waals surface area (Å²) >= 11 is 0. The van der Waals surface area contributed by atoms with E-state index in [1.165, 1.54) is 18.2 Å². The summed E-state index contributed by atoms with van der Waals surface area (Å²) in [5, 5.41) is 5.04. The SMILES string of the molecule is CCOc1ccccc1[C@H]1CC(=O)NC(NC(=O)c2cccc(F)c2)=N1. The fourth-order valence-corrected chi connectivity index (χ4v) is 2.69. The van der Waals surface area contributed by atoms with Crippen molar-refractivity contribution in [3.63, 3.8) is 0 Å². The van der Waals surface area contributed by atoms with Gasteiger partial charge in [-0.25, -0.2) is 9.38 Å². The number of carbonyl (C=O) groups excluding carboxylic acids is 2. The van der Waals surface area contributed by atoms with Crippen LogP contribution >= 0.6 is 0 Å². The first-order valence-corrected chi connectivity index (χ1v) is 8.23. The smallest absolute Gasteiger partial charge is 0.258 e. The molecule has 1 aliphatic heterocycles. The molecule has 134 valence electrons. The van der Waals surface area contributed by atoms with E-state index in [0.717, 1.165) is 11.6 Å². The molecule has 7 heteroatoms. The molecule has 2 aromatic carbocycles. The molecule has 0 bridgehead atoms. The highest BCUT2D eigenvalue weighted by Crippen LogP contribution is 2.31. The zero-order chi connectivity index (χ0) is 18.5. The molecule has 0 saturated carbocycles. The highest BCUT2D eigenvalue weighted by atomic mass is 19.1. The van der Waals surface area contributed by atoms with Crippen LogP contribution < -0.4 is 15.4 Å². The predicted molar refractivity (Wildman–Crippen MR) is 94.4 cm³/mol. The van der Waals surface area contributed by atoms with Crippen molar-refractivity contribution < 1.29 is 18.7 Å². The van der Waals surface area contributed by atoms with Gasteiger partial charge in [-0.15, -0.1) is 0 Å². The van der Waals surface area contributed by atoms with Crippen molar-refractivity contribution in [1.82, 2.24) is 10.6 Å². The third-order valence-corrected chi connectivity index (χ3v) is 3.82. The van der Waals surface area contributed by atoms with Gasteiger partial charge >= 0.3 is 0 Å². The summed E-state index contributed by atoms with van der Waals surface area (Å²) in [6, 6.07) is 12.1. The van der Waals surface area contributed by atoms with Gasteiger partial charge < -0.3 is 4.74 Å². The number of hydrogen-bond donors (Lipinski definition) is 2. The average Bonchev–Trinajstić information content (AvgIpc) is 2.62. The summed E-state index contributed by atoms with van der Waals surface area (Å²) in [6.07, 6.45) is 0.142. The summed E-state index contributed by atoms with van der Waals surface area (Å²) in [7, 11) is 0. The zero-order valence-electron chi connectivity index (χ0n) is 14.2. The van der Waals surface area contributed by atoms with Crippen molar-refractivity contribution in [2.24, 2.45) is 4.99 Å². The molecule has 0 saturated heterocycles. The summed E-state index contributed by atoms with van der Waals surface area (Å²) in [5.74, 6) is -0.662. The van der Waals surface area contributed by atoms with Crippen molar-refractivity contribution in [3.8, 4) is 5.75 Å². The number of rotatable bonds is 4. The molecular formula is C19H18FN3O3. The lowest BCUT2D eigenvalue weighted by atomic mass is 10.0. The number of para-hydroxylation sites is 1. The normalized spacial score (nSPS) is 16.5. The second-order valence-corrected chi connectivity index (χ2v) is 5.68. The van der Waals surface area contributed by atoms with E-state index < -0.39 is 17.8 Å². The van der Waals surface area contributed by atoms with Gasteiger partial charge in [-0.2, -0.15) is 0 Å². The Balaban J connectivity index is 1.84. The zero-order valence-corrected chi connectivity index (χ0v) is 14.2. The monoisotopic (exact) mass is 355 g/mol. The summed E-state index contributed by atoms with van der Waals surface area (Å²) in [4.78, 5) is 28.7. The lowest BCUT2D eigenvalue weighted by molar-refractivity contribution is -0.120. The third kappa shape index (κ3) is 4.05. The number of carbonyl (C=O) groups is 2. The number of benzene rings is 2. The minimum atomic E-state index is -0.553. The maximum Gasteiger partial charge on any atom is 0.258 e. The van der Waals surface area contributed by atoms with Gasteiger partial charge in [0.1, 0.15) is 11.6 Å². The molecule has 26 heavy (non-hydrogen) atoms. The van der Waals surface area contributed by atoms with E-state index in [4.69, 9.17) is 4.74 Å². The Morgan fingerprint density at radius 1 is 1.31 bits per heavy atom. The number of aliphatic imine (C=N–C) groups is 1. The first-order valence-electron chi connectivity index (χ1n) is 8.23. The maximum absolute atomic E-state index is 13.3. The minimum Gasteiger partial charge on any atom is -0.494 e. The van der Waals surface area contributed by atoms with E-state index in [-0.39, 0.29) is 23.9 Å². The number of ether oxygens (including phenoxy) is 1. The number of guanidine groups is 1. The molecule has 2 aromatic rings. The largest absolute Gasteiger partial charge is 0.494 e. The van der Waals surface area contributed by atoms with Crippen molar-refractivity contribution >= 4 is 17.8 Å². The van der Waals surface area contributed by atoms with Crippen LogP contribution in [0.2, 0.25) is 0 Å². The van der Waals surface area contributed by atoms with Gasteiger partial charge in [0.2, 0.25) is 11.9 Å². The predicted octanol–water partition coefficient (Wildman–Crippen LogP) is 2.57. The molecule has 1 aliphatic rings. The van der Waals surface area contributed by atoms with E-state index in [2.05, 4.69) is 15.6 Å². The Morgan fingerprint density at radius 2 is 2.12 bits per heavy atom. The highest BCUT2D eigenvalue weighted by molar-refractivity contribution is 6.10. The molecule has 0 aromatic heterocycles. The first kappa shape index (κ1) is 17.6. The quantitative estimate of drug-likeness (QED) is 0.885. The first-order chi connectivity index (χ1) is 12.6. The topological polar surface area (TPSA) is 79.8 Å². The number of nitrogens with zero attached hydrogens (tertiary/aromatic N) is 1. The Bertz CT molecular complexity index is 867. The maximum atomic E-state index is 13.3. The van der Waals surface area contributed by atoms with E-state index in [0.29, 0.717) is 12.4 Å². The van der Waals surface area contributed by atoms with E-state index in [1.807, 2.05) is 31.2 Å². The van der Waals surface area contributed by atoms with E-state index in [1.54, 1.807) is 0 Å². The molecule has 2 amide bonds. The van der Waals surface area contributed by atoms with Gasteiger partial charge in [0.05, 0.1) is 19.1 Å². The summed E-state index contributed by atoms with van der Waals surface area (Å²) in [6.45, 7) is 2.36. The third-order valence-electron chi connectivity index (χ3n) is 3.82. The highest BCUT2D eigenvalue weighted by Gasteiger charge is 2.26. The molecule has 0 unspecified atom stereocenters. The number of hydrogen-bond acceptors (Lipinski definition) is 4. The van der Waals surface area contributed by atoms with Crippen LogP contribution in [0.15, 0.2) is 53.5 Å². The number of halogens is 1. The fourth-order valence-electron chi connectivity index (χ4n) is 2.69. The van der Waals surface area contributed by atoms with Crippen molar-refractivity contribution in [3.05, 3.63) is 65.5 Å². The van der Waals surface area contributed by atoms with Crippen LogP contribution in [0.25, 0.3) is 0 Å². The van der Waals surface area contributed by atoms with Gasteiger partial charge in [-0.1, -0.05) is 24.3 Å². The Hall–Kier alpha value is -3.22. The fraction of sp³-hybridized carbons (Fsp3) is 0.211. The molecule has 6 nitrogen and oxygen atoms in total. The Morgan fingerprint density at radius 3 is 2.88 bits per heavy atom. The van der Waals surface area contributed by atoms with Crippen LogP contribution in [-0.2, 0) is 4.79 Å². The molecule has 1 atom stereocenters. The lowest BCUT2D eigenvalue weighted by Crippen LogP contribution is -2.47. The van der Waals surface area contributed by atoms with E-state index >= 15 is 0 Å². The molecule has 0 fully saturated rings. The standard InChI is InChI=1S/C19H18FN3O3/c1-2-26-16-9-4-3-8-14(16)15-11-17(24)22-19(21-15)23-18(25)12-6-5-7-13(20)10-12/h3-10,15H,2,11H2,1H3,(H2,21,22,23,24,25)/t15-/m1/s1. The molecular weight excluding hydrogens is 337 g/mol. The van der Waals surface area contributed by atoms with E-state index in [9.17, 15) is 14.0 Å². The molecule has 3 rings (SSSR count). The van der Waals surface area contributed by atoms with Gasteiger partial charge in [-0.3, -0.25) is 20.2 Å². The van der Waals surface area contributed by atoms with Gasteiger partial charge in [-0.05, 0) is 31.2 Å². The molecule has 1 heterocycles. The second kappa shape index (κ2) is 7.77. The van der Waals surface area contributed by atoms with Gasteiger partial charge in [0, 0.05) is 11.1 Å². The van der Waals surface area contributed by atoms with Crippen LogP contribution in [-0.4, -0.2) is 24.4 Å². The Labute approximate surface area is 150 Å². The van der Waals surface area contributed by atoms with Crippen LogP contribution in [0, 0.1) is 5.82 Å². The number of amides is 2. The Kier molecular flexibility index (Phi) is 5.26. The molecule has 2 N–H and O–H groups in total. The molecule has 0 radical (unpaired) electrons. The van der Waals surface area contributed by atoms with Crippen LogP contribution in [0.4, 0.5) is 4.39 Å². The van der Waals surface area contributed by atoms with Crippen LogP contribution in [0.3, 0.4) is 0 Å². The van der Waals surface area contributed by atoms with Crippen molar-refractivity contribution in [2.75, 3.05) is 6.61 Å². The lowest BCUT2D eigenvalue weighted by Gasteiger charge is -2.23. The molecule has 0 aliphatic carbocycles. The van der Waals surface area contributed by atoms with Gasteiger partial charge in [0.25, 0.3) is 5.91 Å². The second-order valence-electron chi connectivity index (χ2n) is 5.68. The van der Waals surface area contributed by atoms with Crippen LogP contribution in [0.1, 0.15) is 35.3 Å². The number of nitrogens with one attached hydrogen (secondary N) is 2. The summed E-state index contributed by atoms with van der Waals surface area (Å²) < 4.78 is 18.9. The van der Waals surface area contributed by atoms with Crippen molar-refractivity contribution in [2.45, 2.75) is 19.4 Å².